The van der Waals surface area contributed by atoms with Crippen molar-refractivity contribution in [3.63, 3.8) is 0 Å². The molecule has 0 aliphatic carbocycles. The van der Waals surface area contributed by atoms with Crippen LogP contribution in [0.1, 0.15) is 16.7 Å². The largest absolute Gasteiger partial charge is 0.416 e. The molecule has 1 heterocycles. The van der Waals surface area contributed by atoms with E-state index in [9.17, 15) is 33.3 Å². The number of carbonyl (C=O) groups excluding carboxylic acids is 1. The highest BCUT2D eigenvalue weighted by Gasteiger charge is 2.30. The number of nitro groups is 1. The fourth-order valence-electron chi connectivity index (χ4n) is 3.80. The van der Waals surface area contributed by atoms with Gasteiger partial charge in [-0.15, -0.1) is 0 Å². The van der Waals surface area contributed by atoms with Crippen molar-refractivity contribution < 1.29 is 22.9 Å². The van der Waals surface area contributed by atoms with E-state index >= 15 is 0 Å². The molecular weight excluding hydrogens is 473 g/mol. The van der Waals surface area contributed by atoms with Gasteiger partial charge in [0, 0.05) is 35.3 Å². The van der Waals surface area contributed by atoms with E-state index in [0.717, 1.165) is 12.1 Å². The highest BCUT2D eigenvalue weighted by Crippen LogP contribution is 2.31. The van der Waals surface area contributed by atoms with E-state index < -0.39 is 22.6 Å². The van der Waals surface area contributed by atoms with E-state index in [1.165, 1.54) is 36.4 Å². The minimum absolute atomic E-state index is 0.0550. The van der Waals surface area contributed by atoms with Gasteiger partial charge in [-0.2, -0.15) is 18.4 Å². The number of nitrogens with one attached hydrogen (secondary N) is 1. The highest BCUT2D eigenvalue weighted by molar-refractivity contribution is 6.11. The van der Waals surface area contributed by atoms with E-state index in [1.54, 1.807) is 41.1 Å². The third kappa shape index (κ3) is 5.10. The quantitative estimate of drug-likeness (QED) is 0.151. The highest BCUT2D eigenvalue weighted by atomic mass is 19.4. The Labute approximate surface area is 202 Å². The van der Waals surface area contributed by atoms with Gasteiger partial charge in [-0.3, -0.25) is 14.9 Å². The van der Waals surface area contributed by atoms with E-state index in [2.05, 4.69) is 5.32 Å². The Hall–Kier alpha value is -4.91. The van der Waals surface area contributed by atoms with Crippen LogP contribution in [0.4, 0.5) is 24.5 Å². The second-order valence-electron chi connectivity index (χ2n) is 7.83. The topological polar surface area (TPSA) is 101 Å². The van der Waals surface area contributed by atoms with Gasteiger partial charge in [0.2, 0.25) is 0 Å². The zero-order chi connectivity index (χ0) is 25.9. The van der Waals surface area contributed by atoms with Crippen LogP contribution in [0.5, 0.6) is 0 Å². The number of hydrogen-bond acceptors (Lipinski definition) is 4. The van der Waals surface area contributed by atoms with Gasteiger partial charge in [-0.25, -0.2) is 0 Å². The van der Waals surface area contributed by atoms with Crippen LogP contribution in [0.3, 0.4) is 0 Å². The fourth-order valence-corrected chi connectivity index (χ4v) is 3.80. The van der Waals surface area contributed by atoms with E-state index in [4.69, 9.17) is 0 Å². The summed E-state index contributed by atoms with van der Waals surface area (Å²) in [6.45, 7) is 0.128. The minimum Gasteiger partial charge on any atom is -0.342 e. The van der Waals surface area contributed by atoms with Crippen molar-refractivity contribution in [1.29, 1.82) is 5.26 Å². The average Bonchev–Trinajstić information content (AvgIpc) is 3.19. The summed E-state index contributed by atoms with van der Waals surface area (Å²) in [5.74, 6) is -0.832. The molecule has 1 aromatic heterocycles. The monoisotopic (exact) mass is 490 g/mol. The molecule has 1 N–H and O–H groups in total. The maximum absolute atomic E-state index is 13.1. The van der Waals surface area contributed by atoms with Gasteiger partial charge < -0.3 is 9.88 Å². The lowest BCUT2D eigenvalue weighted by Crippen LogP contribution is -2.14. The van der Waals surface area contributed by atoms with Crippen LogP contribution >= 0.6 is 0 Å². The number of hydrogen-bond donors (Lipinski definition) is 1. The number of nitro benzene ring substituents is 1. The van der Waals surface area contributed by atoms with Gasteiger partial charge >= 0.3 is 6.18 Å². The molecule has 0 aliphatic rings. The maximum Gasteiger partial charge on any atom is 0.416 e. The second kappa shape index (κ2) is 9.76. The summed E-state index contributed by atoms with van der Waals surface area (Å²) in [4.78, 5) is 23.3. The number of rotatable bonds is 6. The van der Waals surface area contributed by atoms with E-state index in [1.807, 2.05) is 6.07 Å². The molecule has 36 heavy (non-hydrogen) atoms. The molecule has 0 saturated heterocycles. The van der Waals surface area contributed by atoms with Gasteiger partial charge in [-0.1, -0.05) is 42.5 Å². The number of halogens is 3. The van der Waals surface area contributed by atoms with Crippen LogP contribution in [0.15, 0.2) is 84.6 Å². The molecule has 0 fully saturated rings. The summed E-state index contributed by atoms with van der Waals surface area (Å²) >= 11 is 0. The normalized spacial score (nSPS) is 11.8. The van der Waals surface area contributed by atoms with Gasteiger partial charge in [0.1, 0.15) is 17.3 Å². The van der Waals surface area contributed by atoms with Crippen molar-refractivity contribution in [2.45, 2.75) is 12.7 Å². The van der Waals surface area contributed by atoms with Crippen molar-refractivity contribution in [2.24, 2.45) is 0 Å². The Morgan fingerprint density at radius 3 is 2.53 bits per heavy atom. The number of fused-ring (bicyclic) bond motifs is 1. The van der Waals surface area contributed by atoms with Crippen LogP contribution < -0.4 is 5.32 Å². The van der Waals surface area contributed by atoms with Crippen molar-refractivity contribution in [3.05, 3.63) is 111 Å². The molecule has 0 atom stereocenters. The summed E-state index contributed by atoms with van der Waals surface area (Å²) in [7, 11) is 0. The number of nitrogens with zero attached hydrogens (tertiary/aromatic N) is 3. The molecule has 0 saturated carbocycles. The van der Waals surface area contributed by atoms with Crippen LogP contribution in [-0.4, -0.2) is 15.4 Å². The summed E-state index contributed by atoms with van der Waals surface area (Å²) < 4.78 is 41.1. The standard InChI is InChI=1S/C26H17F3N4O3/c27-26(28,29)20-7-5-6-17(12-20)15-32-16-19(21-8-1-3-10-23(21)32)13-18(14-30)25(34)31-22-9-2-4-11-24(22)33(35)36/h1-13,16H,15H2,(H,31,34)/b18-13+. The average molecular weight is 490 g/mol. The first-order valence-electron chi connectivity index (χ1n) is 10.6. The summed E-state index contributed by atoms with van der Waals surface area (Å²) in [5.41, 5.74) is 0.187. The minimum atomic E-state index is -4.47. The van der Waals surface area contributed by atoms with Gasteiger partial charge in [-0.05, 0) is 35.9 Å². The lowest BCUT2D eigenvalue weighted by molar-refractivity contribution is -0.383. The lowest BCUT2D eigenvalue weighted by Gasteiger charge is -2.10. The Balaban J connectivity index is 1.69. The van der Waals surface area contributed by atoms with E-state index in [0.29, 0.717) is 22.0 Å². The van der Waals surface area contributed by atoms with Crippen molar-refractivity contribution in [1.82, 2.24) is 4.57 Å². The Morgan fingerprint density at radius 1 is 1.08 bits per heavy atom. The first kappa shape index (κ1) is 24.2. The van der Waals surface area contributed by atoms with Crippen molar-refractivity contribution in [3.8, 4) is 6.07 Å². The van der Waals surface area contributed by atoms with Gasteiger partial charge in [0.15, 0.2) is 0 Å². The lowest BCUT2D eigenvalue weighted by atomic mass is 10.1. The smallest absolute Gasteiger partial charge is 0.342 e. The molecule has 0 spiro atoms. The molecule has 180 valence electrons. The van der Waals surface area contributed by atoms with E-state index in [-0.39, 0.29) is 23.5 Å². The number of alkyl halides is 3. The Morgan fingerprint density at radius 2 is 1.81 bits per heavy atom. The van der Waals surface area contributed by atoms with Gasteiger partial charge in [0.25, 0.3) is 11.6 Å². The second-order valence-corrected chi connectivity index (χ2v) is 7.83. The summed E-state index contributed by atoms with van der Waals surface area (Å²) in [5, 5.41) is 23.9. The molecular formula is C26H17F3N4O3. The molecule has 0 aliphatic heterocycles. The van der Waals surface area contributed by atoms with Crippen LogP contribution in [-0.2, 0) is 17.5 Å². The molecule has 0 radical (unpaired) electrons. The zero-order valence-corrected chi connectivity index (χ0v) is 18.5. The van der Waals surface area contributed by atoms with Crippen LogP contribution in [0.2, 0.25) is 0 Å². The number of benzene rings is 3. The fraction of sp³-hybridized carbons (Fsp3) is 0.0769. The Bertz CT molecular complexity index is 1550. The molecule has 3 aromatic carbocycles. The SMILES string of the molecule is N#C/C(=C\c1cn(Cc2cccc(C(F)(F)F)c2)c2ccccc12)C(=O)Nc1ccccc1[N+](=O)[O-]. The number of amides is 1. The predicted octanol–water partition coefficient (Wildman–Crippen LogP) is 6.16. The Kier molecular flexibility index (Phi) is 6.56. The third-order valence-corrected chi connectivity index (χ3v) is 5.44. The number of nitriles is 1. The summed E-state index contributed by atoms with van der Waals surface area (Å²) in [6, 6.07) is 19.4. The van der Waals surface area contributed by atoms with Crippen LogP contribution in [0.25, 0.3) is 17.0 Å². The van der Waals surface area contributed by atoms with Crippen LogP contribution in [0, 0.1) is 21.4 Å². The predicted molar refractivity (Wildman–Crippen MR) is 128 cm³/mol. The molecule has 4 rings (SSSR count). The third-order valence-electron chi connectivity index (χ3n) is 5.44. The first-order valence-corrected chi connectivity index (χ1v) is 10.6. The van der Waals surface area contributed by atoms with Crippen molar-refractivity contribution >= 4 is 34.3 Å². The molecule has 4 aromatic rings. The number of anilines is 1. The molecule has 1 amide bonds. The summed E-state index contributed by atoms with van der Waals surface area (Å²) in [6.07, 6.45) is -1.48. The maximum atomic E-state index is 13.1. The zero-order valence-electron chi connectivity index (χ0n) is 18.5. The van der Waals surface area contributed by atoms with Gasteiger partial charge in [0.05, 0.1) is 10.5 Å². The molecule has 7 nitrogen and oxygen atoms in total. The molecule has 0 unspecified atom stereocenters. The first-order chi connectivity index (χ1) is 17.2. The molecule has 10 heteroatoms. The van der Waals surface area contributed by atoms with Crippen molar-refractivity contribution in [2.75, 3.05) is 5.32 Å². The number of aromatic nitrogens is 1. The number of para-hydroxylation sites is 3. The number of carbonyl (C=O) groups is 1. The molecule has 0 bridgehead atoms.